The molecule has 3 saturated carbocycles. The van der Waals surface area contributed by atoms with Gasteiger partial charge in [0.15, 0.2) is 6.61 Å². The van der Waals surface area contributed by atoms with E-state index >= 15 is 0 Å². The first-order chi connectivity index (χ1) is 15.3. The Labute approximate surface area is 201 Å². The van der Waals surface area contributed by atoms with E-state index in [4.69, 9.17) is 39.5 Å². The Morgan fingerprint density at radius 3 is 2.41 bits per heavy atom. The average Bonchev–Trinajstić information content (AvgIpc) is 3.06. The number of nitrogens with one attached hydrogen (secondary N) is 1. The standard InChI is InChI=1S/C23H22Cl3N3O3/c24-16-3-1-15(2-4-16)10-28-7-8-29(21(28)31)23-12-22(13-23,14-23)27-20(30)11-32-17-5-6-18(25)19(26)9-17/h1-6,9H,7-8,10-14H2,(H,27,30). The number of hydrogen-bond donors (Lipinski definition) is 1. The van der Waals surface area contributed by atoms with Crippen LogP contribution in [0.5, 0.6) is 5.75 Å². The number of carbonyl (C=O) groups excluding carboxylic acids is 2. The zero-order chi connectivity index (χ0) is 22.5. The predicted octanol–water partition coefficient (Wildman–Crippen LogP) is 4.75. The van der Waals surface area contributed by atoms with Gasteiger partial charge < -0.3 is 19.9 Å². The Bertz CT molecular complexity index is 1060. The molecule has 2 aromatic carbocycles. The third-order valence-corrected chi connectivity index (χ3v) is 7.61. The number of ether oxygens (including phenoxy) is 1. The minimum Gasteiger partial charge on any atom is -0.484 e. The highest BCUT2D eigenvalue weighted by atomic mass is 35.5. The van der Waals surface area contributed by atoms with Crippen molar-refractivity contribution in [1.29, 1.82) is 0 Å². The van der Waals surface area contributed by atoms with E-state index < -0.39 is 0 Å². The molecule has 3 aliphatic carbocycles. The Morgan fingerprint density at radius 1 is 1.00 bits per heavy atom. The van der Waals surface area contributed by atoms with Gasteiger partial charge in [-0.15, -0.1) is 0 Å². The van der Waals surface area contributed by atoms with E-state index in [1.807, 2.05) is 34.1 Å². The summed E-state index contributed by atoms with van der Waals surface area (Å²) in [5.74, 6) is 0.313. The number of urea groups is 1. The summed E-state index contributed by atoms with van der Waals surface area (Å²) in [6.45, 7) is 1.91. The molecule has 2 bridgehead atoms. The van der Waals surface area contributed by atoms with Crippen LogP contribution in [0.25, 0.3) is 0 Å². The molecule has 2 aromatic rings. The van der Waals surface area contributed by atoms with Crippen molar-refractivity contribution in [2.75, 3.05) is 19.7 Å². The molecule has 3 amide bonds. The molecular weight excluding hydrogens is 473 g/mol. The molecule has 4 fully saturated rings. The van der Waals surface area contributed by atoms with E-state index in [0.717, 1.165) is 31.4 Å². The largest absolute Gasteiger partial charge is 0.484 e. The molecule has 4 aliphatic rings. The van der Waals surface area contributed by atoms with Crippen molar-refractivity contribution in [1.82, 2.24) is 15.1 Å². The van der Waals surface area contributed by atoms with Gasteiger partial charge in [-0.25, -0.2) is 4.79 Å². The fourth-order valence-corrected chi connectivity index (χ4v) is 5.59. The SMILES string of the molecule is O=C(COc1ccc(Cl)c(Cl)c1)NC12CC(N3CCN(Cc4ccc(Cl)cc4)C3=O)(C1)C2. The lowest BCUT2D eigenvalue weighted by Gasteiger charge is -2.72. The maximum absolute atomic E-state index is 13.0. The Morgan fingerprint density at radius 2 is 1.72 bits per heavy atom. The molecule has 1 aliphatic heterocycles. The summed E-state index contributed by atoms with van der Waals surface area (Å²) < 4.78 is 5.52. The third-order valence-electron chi connectivity index (χ3n) is 6.62. The zero-order valence-electron chi connectivity index (χ0n) is 17.2. The molecule has 6 nitrogen and oxygen atoms in total. The molecule has 32 heavy (non-hydrogen) atoms. The second kappa shape index (κ2) is 8.01. The summed E-state index contributed by atoms with van der Waals surface area (Å²) in [7, 11) is 0. The lowest BCUT2D eigenvalue weighted by molar-refractivity contribution is -0.166. The molecule has 6 rings (SSSR count). The Hall–Kier alpha value is -2.15. The molecule has 0 aromatic heterocycles. The number of halogens is 3. The summed E-state index contributed by atoms with van der Waals surface area (Å²) in [6.07, 6.45) is 2.37. The van der Waals surface area contributed by atoms with E-state index in [9.17, 15) is 9.59 Å². The first kappa shape index (κ1) is 21.7. The molecule has 0 atom stereocenters. The van der Waals surface area contributed by atoms with Crippen molar-refractivity contribution in [3.8, 4) is 5.75 Å². The van der Waals surface area contributed by atoms with E-state index in [1.54, 1.807) is 18.2 Å². The van der Waals surface area contributed by atoms with E-state index in [1.165, 1.54) is 0 Å². The van der Waals surface area contributed by atoms with E-state index in [0.29, 0.717) is 33.9 Å². The van der Waals surface area contributed by atoms with Crippen LogP contribution in [0.2, 0.25) is 15.1 Å². The second-order valence-electron chi connectivity index (χ2n) is 8.93. The first-order valence-electron chi connectivity index (χ1n) is 10.5. The van der Waals surface area contributed by atoms with E-state index in [-0.39, 0.29) is 29.6 Å². The van der Waals surface area contributed by atoms with Gasteiger partial charge >= 0.3 is 6.03 Å². The molecule has 0 radical (unpaired) electrons. The minimum atomic E-state index is -0.220. The Kier molecular flexibility index (Phi) is 5.43. The van der Waals surface area contributed by atoms with Crippen LogP contribution in [0, 0.1) is 0 Å². The zero-order valence-corrected chi connectivity index (χ0v) is 19.5. The van der Waals surface area contributed by atoms with Crippen LogP contribution in [-0.2, 0) is 11.3 Å². The molecular formula is C23H22Cl3N3O3. The first-order valence-corrected chi connectivity index (χ1v) is 11.6. The van der Waals surface area contributed by atoms with Crippen LogP contribution in [0.4, 0.5) is 4.79 Å². The lowest BCUT2D eigenvalue weighted by Crippen LogP contribution is -2.84. The summed E-state index contributed by atoms with van der Waals surface area (Å²) in [4.78, 5) is 29.2. The summed E-state index contributed by atoms with van der Waals surface area (Å²) in [6, 6.07) is 12.5. The van der Waals surface area contributed by atoms with Gasteiger partial charge in [-0.05, 0) is 49.1 Å². The fourth-order valence-electron chi connectivity index (χ4n) is 5.18. The maximum Gasteiger partial charge on any atom is 0.320 e. The smallest absolute Gasteiger partial charge is 0.320 e. The van der Waals surface area contributed by atoms with E-state index in [2.05, 4.69) is 5.32 Å². The highest BCUT2D eigenvalue weighted by Crippen LogP contribution is 2.64. The van der Waals surface area contributed by atoms with Crippen molar-refractivity contribution < 1.29 is 14.3 Å². The maximum atomic E-state index is 13.0. The Balaban J connectivity index is 1.10. The van der Waals surface area contributed by atoms with Gasteiger partial charge in [0.2, 0.25) is 0 Å². The van der Waals surface area contributed by atoms with Crippen LogP contribution in [0.3, 0.4) is 0 Å². The summed E-state index contributed by atoms with van der Waals surface area (Å²) in [5.41, 5.74) is 0.721. The second-order valence-corrected chi connectivity index (χ2v) is 10.2. The van der Waals surface area contributed by atoms with Crippen LogP contribution in [0.1, 0.15) is 24.8 Å². The number of hydrogen-bond acceptors (Lipinski definition) is 3. The normalized spacial score (nSPS) is 25.9. The number of rotatable bonds is 7. The number of nitrogens with zero attached hydrogens (tertiary/aromatic N) is 2. The van der Waals surface area contributed by atoms with Crippen molar-refractivity contribution in [2.24, 2.45) is 0 Å². The van der Waals surface area contributed by atoms with Crippen molar-refractivity contribution in [2.45, 2.75) is 36.9 Å². The van der Waals surface area contributed by atoms with Crippen molar-refractivity contribution in [3.63, 3.8) is 0 Å². The quantitative estimate of drug-likeness (QED) is 0.604. The molecule has 9 heteroatoms. The van der Waals surface area contributed by atoms with Gasteiger partial charge in [0.1, 0.15) is 5.75 Å². The van der Waals surface area contributed by atoms with Gasteiger partial charge in [-0.2, -0.15) is 0 Å². The molecule has 0 unspecified atom stereocenters. The average molecular weight is 495 g/mol. The summed E-state index contributed by atoms with van der Waals surface area (Å²) in [5, 5.41) is 4.59. The monoisotopic (exact) mass is 493 g/mol. The fraction of sp³-hybridized carbons (Fsp3) is 0.391. The lowest BCUT2D eigenvalue weighted by atomic mass is 9.43. The van der Waals surface area contributed by atoms with Crippen molar-refractivity contribution >= 4 is 46.7 Å². The van der Waals surface area contributed by atoms with Gasteiger partial charge in [0, 0.05) is 36.3 Å². The van der Waals surface area contributed by atoms with Crippen LogP contribution < -0.4 is 10.1 Å². The van der Waals surface area contributed by atoms with Crippen LogP contribution in [-0.4, -0.2) is 52.5 Å². The molecule has 168 valence electrons. The number of benzene rings is 2. The highest BCUT2D eigenvalue weighted by Gasteiger charge is 2.72. The topological polar surface area (TPSA) is 61.9 Å². The van der Waals surface area contributed by atoms with Gasteiger partial charge in [0.25, 0.3) is 5.91 Å². The number of carbonyl (C=O) groups is 2. The third kappa shape index (κ3) is 3.89. The number of amides is 3. The van der Waals surface area contributed by atoms with Gasteiger partial charge in [0.05, 0.1) is 15.6 Å². The summed E-state index contributed by atoms with van der Waals surface area (Å²) >= 11 is 17.8. The van der Waals surface area contributed by atoms with Gasteiger partial charge in [-0.3, -0.25) is 4.79 Å². The molecule has 1 saturated heterocycles. The molecule has 0 spiro atoms. The molecule has 1 heterocycles. The minimum absolute atomic E-state index is 0.0718. The highest BCUT2D eigenvalue weighted by molar-refractivity contribution is 6.42. The predicted molar refractivity (Wildman–Crippen MR) is 123 cm³/mol. The molecule has 1 N–H and O–H groups in total. The van der Waals surface area contributed by atoms with Gasteiger partial charge in [-0.1, -0.05) is 46.9 Å². The van der Waals surface area contributed by atoms with Crippen LogP contribution in [0.15, 0.2) is 42.5 Å². The van der Waals surface area contributed by atoms with Crippen LogP contribution >= 0.6 is 34.8 Å². The van der Waals surface area contributed by atoms with Crippen molar-refractivity contribution in [3.05, 3.63) is 63.1 Å².